The molecule has 27 heavy (non-hydrogen) atoms. The first-order chi connectivity index (χ1) is 12.1. The first kappa shape index (κ1) is 22.8. The third-order valence-corrected chi connectivity index (χ3v) is 7.18. The highest BCUT2D eigenvalue weighted by Gasteiger charge is 2.43. The number of nitrogens with zero attached hydrogens (tertiary/aromatic N) is 2. The lowest BCUT2D eigenvalue weighted by Crippen LogP contribution is -2.42. The van der Waals surface area contributed by atoms with E-state index in [9.17, 15) is 13.5 Å². The molecule has 0 spiro atoms. The number of aliphatic imine (C=N–C) groups is 1. The van der Waals surface area contributed by atoms with Crippen molar-refractivity contribution in [3.05, 3.63) is 58.1 Å². The molecule has 3 rings (SSSR count). The molecular weight excluding hydrogens is 519 g/mol. The van der Waals surface area contributed by atoms with Crippen molar-refractivity contribution in [1.29, 1.82) is 0 Å². The average molecular weight is 533 g/mol. The van der Waals surface area contributed by atoms with E-state index in [1.807, 2.05) is 0 Å². The molecule has 1 aliphatic rings. The van der Waals surface area contributed by atoms with Crippen LogP contribution in [0.4, 0.5) is 5.69 Å². The Morgan fingerprint density at radius 3 is 2.41 bits per heavy atom. The first-order valence-corrected chi connectivity index (χ1v) is 11.3. The van der Waals surface area contributed by atoms with Crippen LogP contribution in [-0.2, 0) is 14.8 Å². The summed E-state index contributed by atoms with van der Waals surface area (Å²) in [6, 6.07) is 11.2. The summed E-state index contributed by atoms with van der Waals surface area (Å²) in [5, 5.41) is 12.3. The number of hydrogen-bond donors (Lipinski definition) is 1. The third kappa shape index (κ3) is 4.75. The maximum Gasteiger partial charge on any atom is 0.262 e. The Morgan fingerprint density at radius 1 is 1.19 bits per heavy atom. The van der Waals surface area contributed by atoms with Crippen molar-refractivity contribution in [1.82, 2.24) is 4.90 Å². The van der Waals surface area contributed by atoms with Crippen molar-refractivity contribution in [2.45, 2.75) is 10.6 Å². The summed E-state index contributed by atoms with van der Waals surface area (Å²) in [6.45, 7) is 0. The van der Waals surface area contributed by atoms with Gasteiger partial charge in [-0.15, -0.1) is 17.0 Å². The third-order valence-electron chi connectivity index (χ3n) is 3.95. The van der Waals surface area contributed by atoms with Crippen molar-refractivity contribution in [2.75, 3.05) is 12.8 Å². The molecule has 0 amide bonds. The molecule has 0 aliphatic carbocycles. The predicted molar refractivity (Wildman–Crippen MR) is 117 cm³/mol. The molecule has 1 aliphatic heterocycles. The van der Waals surface area contributed by atoms with Crippen LogP contribution in [0.3, 0.4) is 0 Å². The molecule has 11 heteroatoms. The number of thioether (sulfide) groups is 1. The van der Waals surface area contributed by atoms with Crippen molar-refractivity contribution in [3.63, 3.8) is 0 Å². The molecule has 1 fully saturated rings. The molecule has 0 aromatic heterocycles. The first-order valence-electron chi connectivity index (χ1n) is 7.29. The monoisotopic (exact) mass is 530 g/mol. The second kappa shape index (κ2) is 8.49. The highest BCUT2D eigenvalue weighted by Crippen LogP contribution is 2.40. The lowest BCUT2D eigenvalue weighted by Gasteiger charge is -2.31. The minimum Gasteiger partial charge on any atom is -0.366 e. The fraction of sp³-hybridized carbons (Fsp3) is 0.188. The van der Waals surface area contributed by atoms with Crippen LogP contribution in [0.25, 0.3) is 0 Å². The van der Waals surface area contributed by atoms with Gasteiger partial charge in [0.1, 0.15) is 4.90 Å². The van der Waals surface area contributed by atoms with E-state index in [1.54, 1.807) is 42.3 Å². The van der Waals surface area contributed by atoms with E-state index in [-0.39, 0.29) is 32.7 Å². The minimum absolute atomic E-state index is 0. The topological polar surface area (TPSA) is 70.0 Å². The Hall–Kier alpha value is -0.480. The maximum atomic E-state index is 11.7. The fourth-order valence-electron chi connectivity index (χ4n) is 2.47. The van der Waals surface area contributed by atoms with Crippen molar-refractivity contribution in [2.24, 2.45) is 4.99 Å². The van der Waals surface area contributed by atoms with Crippen molar-refractivity contribution >= 4 is 82.5 Å². The van der Waals surface area contributed by atoms with Gasteiger partial charge in [-0.25, -0.2) is 13.4 Å². The van der Waals surface area contributed by atoms with Gasteiger partial charge in [0.05, 0.1) is 16.5 Å². The van der Waals surface area contributed by atoms with Crippen LogP contribution >= 0.6 is 62.6 Å². The van der Waals surface area contributed by atoms with Gasteiger partial charge in [-0.05, 0) is 36.4 Å². The standard InChI is InChI=1S/C16H13Cl3N2O3S2.BrH/c1-21-15(20-12-5-3-11(17)4-6-12)25-9-16(21,22)10-2-7-13(18)14(8-10)26(19,23)24;/h2-8,22H,9H2,1H3;1H/b20-15+;. The van der Waals surface area contributed by atoms with E-state index in [0.717, 1.165) is 0 Å². The zero-order valence-corrected chi connectivity index (χ0v) is 19.4. The van der Waals surface area contributed by atoms with Gasteiger partial charge in [-0.1, -0.05) is 41.0 Å². The van der Waals surface area contributed by atoms with Crippen LogP contribution in [0.5, 0.6) is 0 Å². The van der Waals surface area contributed by atoms with E-state index in [4.69, 9.17) is 33.9 Å². The van der Waals surface area contributed by atoms with Crippen molar-refractivity contribution in [3.8, 4) is 0 Å². The Bertz CT molecular complexity index is 987. The Labute approximate surface area is 186 Å². The summed E-state index contributed by atoms with van der Waals surface area (Å²) in [5.41, 5.74) is -0.401. The van der Waals surface area contributed by atoms with Gasteiger partial charge in [-0.3, -0.25) is 0 Å². The van der Waals surface area contributed by atoms with Crippen LogP contribution in [0.2, 0.25) is 10.0 Å². The predicted octanol–water partition coefficient (Wildman–Crippen LogP) is 5.01. The van der Waals surface area contributed by atoms with Crippen LogP contribution in [0, 0.1) is 0 Å². The molecule has 1 heterocycles. The second-order valence-corrected chi connectivity index (χ2v) is 9.94. The maximum absolute atomic E-state index is 11.7. The highest BCUT2D eigenvalue weighted by atomic mass is 79.9. The normalized spacial score (nSPS) is 21.4. The van der Waals surface area contributed by atoms with Gasteiger partial charge in [0.15, 0.2) is 10.9 Å². The van der Waals surface area contributed by atoms with E-state index >= 15 is 0 Å². The molecular formula is C16H14BrCl3N2O3S2. The molecule has 2 aromatic carbocycles. The zero-order chi connectivity index (χ0) is 19.1. The van der Waals surface area contributed by atoms with Crippen LogP contribution in [0.15, 0.2) is 52.4 Å². The lowest BCUT2D eigenvalue weighted by atomic mass is 10.0. The number of hydrogen-bond acceptors (Lipinski definition) is 5. The SMILES string of the molecule is Br.CN1/C(=N\c2ccc(Cl)cc2)SCC1(O)c1ccc(Cl)c(S(=O)(=O)Cl)c1. The minimum atomic E-state index is -4.03. The van der Waals surface area contributed by atoms with E-state index in [1.165, 1.54) is 23.9 Å². The van der Waals surface area contributed by atoms with Gasteiger partial charge < -0.3 is 10.0 Å². The smallest absolute Gasteiger partial charge is 0.262 e. The van der Waals surface area contributed by atoms with E-state index in [2.05, 4.69) is 4.99 Å². The lowest BCUT2D eigenvalue weighted by molar-refractivity contribution is -0.0349. The largest absolute Gasteiger partial charge is 0.366 e. The molecule has 5 nitrogen and oxygen atoms in total. The molecule has 0 bridgehead atoms. The second-order valence-electron chi connectivity index (χ2n) is 5.62. The van der Waals surface area contributed by atoms with Crippen LogP contribution in [0.1, 0.15) is 5.56 Å². The number of rotatable bonds is 3. The van der Waals surface area contributed by atoms with Gasteiger partial charge in [0.2, 0.25) is 0 Å². The van der Waals surface area contributed by atoms with Gasteiger partial charge in [0.25, 0.3) is 9.05 Å². The molecule has 1 unspecified atom stereocenters. The zero-order valence-electron chi connectivity index (χ0n) is 13.8. The molecule has 0 radical (unpaired) electrons. The molecule has 1 N–H and O–H groups in total. The van der Waals surface area contributed by atoms with E-state index < -0.39 is 14.8 Å². The molecule has 2 aromatic rings. The van der Waals surface area contributed by atoms with Gasteiger partial charge >= 0.3 is 0 Å². The summed E-state index contributed by atoms with van der Waals surface area (Å²) in [6.07, 6.45) is 0. The van der Waals surface area contributed by atoms with Gasteiger partial charge in [-0.2, -0.15) is 0 Å². The number of amidine groups is 1. The molecule has 1 atom stereocenters. The van der Waals surface area contributed by atoms with Gasteiger partial charge in [0, 0.05) is 28.3 Å². The number of aliphatic hydroxyl groups is 1. The fourth-order valence-corrected chi connectivity index (χ4v) is 5.29. The Morgan fingerprint density at radius 2 is 1.81 bits per heavy atom. The number of benzene rings is 2. The summed E-state index contributed by atoms with van der Waals surface area (Å²) < 4.78 is 23.4. The number of halogens is 4. The highest BCUT2D eigenvalue weighted by molar-refractivity contribution is 8.93. The quantitative estimate of drug-likeness (QED) is 0.563. The summed E-state index contributed by atoms with van der Waals surface area (Å²) in [7, 11) is 3.07. The summed E-state index contributed by atoms with van der Waals surface area (Å²) in [4.78, 5) is 5.85. The summed E-state index contributed by atoms with van der Waals surface area (Å²) >= 11 is 13.1. The summed E-state index contributed by atoms with van der Waals surface area (Å²) in [5.74, 6) is 0.263. The Balaban J connectivity index is 0.00000261. The molecule has 1 saturated heterocycles. The Kier molecular flexibility index (Phi) is 7.17. The van der Waals surface area contributed by atoms with Crippen molar-refractivity contribution < 1.29 is 13.5 Å². The average Bonchev–Trinajstić information content (AvgIpc) is 2.86. The van der Waals surface area contributed by atoms with E-state index in [0.29, 0.717) is 21.4 Å². The molecule has 0 saturated carbocycles. The van der Waals surface area contributed by atoms with Crippen LogP contribution in [-0.4, -0.2) is 36.4 Å². The van der Waals surface area contributed by atoms with Crippen LogP contribution < -0.4 is 0 Å². The molecule has 146 valence electrons.